The van der Waals surface area contributed by atoms with E-state index in [2.05, 4.69) is 9.88 Å². The normalized spacial score (nSPS) is 18.9. The van der Waals surface area contributed by atoms with Crippen molar-refractivity contribution in [3.63, 3.8) is 0 Å². The predicted molar refractivity (Wildman–Crippen MR) is 76.9 cm³/mol. The minimum atomic E-state index is -0.384. The van der Waals surface area contributed by atoms with E-state index in [0.29, 0.717) is 6.61 Å². The Bertz CT molecular complexity index is 428. The Hall–Kier alpha value is -1.46. The number of pyridine rings is 1. The van der Waals surface area contributed by atoms with Crippen molar-refractivity contribution in [1.29, 1.82) is 0 Å². The van der Waals surface area contributed by atoms with Crippen LogP contribution in [0.5, 0.6) is 0 Å². The monoisotopic (exact) mass is 277 g/mol. The van der Waals surface area contributed by atoms with E-state index in [0.717, 1.165) is 38.9 Å². The molecule has 5 heteroatoms. The largest absolute Gasteiger partial charge is 0.385 e. The van der Waals surface area contributed by atoms with Crippen molar-refractivity contribution < 1.29 is 9.53 Å². The number of rotatable bonds is 6. The number of hydrogen-bond acceptors (Lipinski definition) is 4. The van der Waals surface area contributed by atoms with Crippen LogP contribution in [0.1, 0.15) is 24.8 Å². The first kappa shape index (κ1) is 14.9. The van der Waals surface area contributed by atoms with Crippen molar-refractivity contribution in [2.24, 2.45) is 11.1 Å². The van der Waals surface area contributed by atoms with Crippen molar-refractivity contribution >= 4 is 5.91 Å². The van der Waals surface area contributed by atoms with Gasteiger partial charge in [-0.3, -0.25) is 14.7 Å². The Morgan fingerprint density at radius 3 is 2.60 bits per heavy atom. The molecule has 1 fully saturated rings. The predicted octanol–water partition coefficient (Wildman–Crippen LogP) is 1.19. The summed E-state index contributed by atoms with van der Waals surface area (Å²) in [6.45, 7) is 3.29. The smallest absolute Gasteiger partial charge is 0.223 e. The molecule has 1 aromatic rings. The van der Waals surface area contributed by atoms with Gasteiger partial charge in [0.2, 0.25) is 5.91 Å². The number of carbonyl (C=O) groups excluding carboxylic acids is 1. The maximum Gasteiger partial charge on any atom is 0.223 e. The molecule has 110 valence electrons. The number of carbonyl (C=O) groups is 1. The highest BCUT2D eigenvalue weighted by molar-refractivity contribution is 5.81. The van der Waals surface area contributed by atoms with Crippen molar-refractivity contribution in [3.05, 3.63) is 30.1 Å². The molecule has 1 saturated heterocycles. The summed E-state index contributed by atoms with van der Waals surface area (Å²) in [6.07, 6.45) is 5.98. The molecule has 0 bridgehead atoms. The average molecular weight is 277 g/mol. The fourth-order valence-electron chi connectivity index (χ4n) is 2.80. The van der Waals surface area contributed by atoms with Gasteiger partial charge in [-0.2, -0.15) is 0 Å². The van der Waals surface area contributed by atoms with Gasteiger partial charge in [0.1, 0.15) is 0 Å². The molecule has 20 heavy (non-hydrogen) atoms. The zero-order valence-electron chi connectivity index (χ0n) is 12.0. The van der Waals surface area contributed by atoms with Gasteiger partial charge >= 0.3 is 0 Å². The summed E-state index contributed by atoms with van der Waals surface area (Å²) in [6, 6.07) is 4.06. The van der Waals surface area contributed by atoms with E-state index < -0.39 is 0 Å². The van der Waals surface area contributed by atoms with Crippen molar-refractivity contribution in [2.75, 3.05) is 26.8 Å². The Morgan fingerprint density at radius 2 is 2.05 bits per heavy atom. The minimum Gasteiger partial charge on any atom is -0.385 e. The topological polar surface area (TPSA) is 68.5 Å². The van der Waals surface area contributed by atoms with Crippen LogP contribution in [0.2, 0.25) is 0 Å². The Morgan fingerprint density at radius 1 is 1.40 bits per heavy atom. The van der Waals surface area contributed by atoms with Crippen LogP contribution in [0.15, 0.2) is 24.5 Å². The summed E-state index contributed by atoms with van der Waals surface area (Å²) < 4.78 is 5.11. The van der Waals surface area contributed by atoms with Crippen molar-refractivity contribution in [2.45, 2.75) is 25.8 Å². The van der Waals surface area contributed by atoms with Crippen LogP contribution in [0.25, 0.3) is 0 Å². The molecule has 0 spiro atoms. The van der Waals surface area contributed by atoms with Crippen LogP contribution in [0.4, 0.5) is 0 Å². The first-order chi connectivity index (χ1) is 9.66. The number of piperidine rings is 1. The van der Waals surface area contributed by atoms with E-state index in [4.69, 9.17) is 10.5 Å². The summed E-state index contributed by atoms with van der Waals surface area (Å²) in [7, 11) is 1.66. The summed E-state index contributed by atoms with van der Waals surface area (Å²) in [5.41, 5.74) is 6.49. The second-order valence-corrected chi connectivity index (χ2v) is 5.52. The van der Waals surface area contributed by atoms with Crippen LogP contribution >= 0.6 is 0 Å². The Labute approximate surface area is 120 Å². The van der Waals surface area contributed by atoms with Gasteiger partial charge in [0.05, 0.1) is 5.41 Å². The molecule has 1 aliphatic heterocycles. The van der Waals surface area contributed by atoms with E-state index in [1.807, 2.05) is 24.5 Å². The zero-order chi connectivity index (χ0) is 14.4. The third-order valence-corrected chi connectivity index (χ3v) is 4.28. The molecule has 0 unspecified atom stereocenters. The number of hydrogen-bond donors (Lipinski definition) is 1. The van der Waals surface area contributed by atoms with Gasteiger partial charge in [0, 0.05) is 32.7 Å². The van der Waals surface area contributed by atoms with E-state index in [9.17, 15) is 4.79 Å². The summed E-state index contributed by atoms with van der Waals surface area (Å²) in [4.78, 5) is 18.2. The van der Waals surface area contributed by atoms with Gasteiger partial charge < -0.3 is 10.5 Å². The van der Waals surface area contributed by atoms with Crippen LogP contribution in [0, 0.1) is 5.41 Å². The number of methoxy groups -OCH3 is 1. The SMILES string of the molecule is COCCC1(C(N)=O)CCN(Cc2ccncc2)CC1. The molecule has 5 nitrogen and oxygen atoms in total. The fourth-order valence-corrected chi connectivity index (χ4v) is 2.80. The second-order valence-electron chi connectivity index (χ2n) is 5.52. The summed E-state index contributed by atoms with van der Waals surface area (Å²) in [5.74, 6) is -0.182. The molecule has 1 amide bonds. The number of ether oxygens (including phenoxy) is 1. The maximum absolute atomic E-state index is 11.8. The lowest BCUT2D eigenvalue weighted by molar-refractivity contribution is -0.131. The molecule has 2 rings (SSSR count). The van der Waals surface area contributed by atoms with E-state index in [1.165, 1.54) is 5.56 Å². The van der Waals surface area contributed by atoms with Crippen LogP contribution in [-0.4, -0.2) is 42.6 Å². The van der Waals surface area contributed by atoms with E-state index in [-0.39, 0.29) is 11.3 Å². The maximum atomic E-state index is 11.8. The van der Waals surface area contributed by atoms with Gasteiger partial charge in [0.25, 0.3) is 0 Å². The third kappa shape index (κ3) is 3.55. The first-order valence-electron chi connectivity index (χ1n) is 7.06. The van der Waals surface area contributed by atoms with Crippen molar-refractivity contribution in [1.82, 2.24) is 9.88 Å². The number of aromatic nitrogens is 1. The summed E-state index contributed by atoms with van der Waals surface area (Å²) in [5, 5.41) is 0. The van der Waals surface area contributed by atoms with Gasteiger partial charge in [-0.1, -0.05) is 0 Å². The Kier molecular flexibility index (Phi) is 5.09. The van der Waals surface area contributed by atoms with Crippen LogP contribution < -0.4 is 5.73 Å². The first-order valence-corrected chi connectivity index (χ1v) is 7.06. The standard InChI is InChI=1S/C15H23N3O2/c1-20-11-6-15(14(16)19)4-9-18(10-5-15)12-13-2-7-17-8-3-13/h2-3,7-8H,4-6,9-12H2,1H3,(H2,16,19). The molecule has 1 aromatic heterocycles. The molecule has 0 atom stereocenters. The summed E-state index contributed by atoms with van der Waals surface area (Å²) >= 11 is 0. The molecule has 2 N–H and O–H groups in total. The third-order valence-electron chi connectivity index (χ3n) is 4.28. The lowest BCUT2D eigenvalue weighted by Gasteiger charge is -2.39. The molecule has 0 aromatic carbocycles. The van der Waals surface area contributed by atoms with Crippen LogP contribution in [-0.2, 0) is 16.1 Å². The molecular formula is C15H23N3O2. The van der Waals surface area contributed by atoms with Crippen LogP contribution in [0.3, 0.4) is 0 Å². The molecular weight excluding hydrogens is 254 g/mol. The number of primary amides is 1. The molecule has 2 heterocycles. The van der Waals surface area contributed by atoms with E-state index in [1.54, 1.807) is 7.11 Å². The molecule has 0 aliphatic carbocycles. The fraction of sp³-hybridized carbons (Fsp3) is 0.600. The highest BCUT2D eigenvalue weighted by Gasteiger charge is 2.39. The lowest BCUT2D eigenvalue weighted by atomic mass is 9.75. The Balaban J connectivity index is 1.91. The lowest BCUT2D eigenvalue weighted by Crippen LogP contribution is -2.47. The zero-order valence-corrected chi connectivity index (χ0v) is 12.0. The number of nitrogens with two attached hydrogens (primary N) is 1. The number of likely N-dealkylation sites (tertiary alicyclic amines) is 1. The highest BCUT2D eigenvalue weighted by Crippen LogP contribution is 2.35. The minimum absolute atomic E-state index is 0.182. The van der Waals surface area contributed by atoms with Gasteiger partial charge in [-0.25, -0.2) is 0 Å². The quantitative estimate of drug-likeness (QED) is 0.848. The highest BCUT2D eigenvalue weighted by atomic mass is 16.5. The second kappa shape index (κ2) is 6.81. The molecule has 0 saturated carbocycles. The molecule has 0 radical (unpaired) electrons. The molecule has 1 aliphatic rings. The van der Waals surface area contributed by atoms with Gasteiger partial charge in [0.15, 0.2) is 0 Å². The number of nitrogens with zero attached hydrogens (tertiary/aromatic N) is 2. The van der Waals surface area contributed by atoms with E-state index >= 15 is 0 Å². The van der Waals surface area contributed by atoms with Crippen molar-refractivity contribution in [3.8, 4) is 0 Å². The van der Waals surface area contributed by atoms with Gasteiger partial charge in [-0.15, -0.1) is 0 Å². The number of amides is 1. The average Bonchev–Trinajstić information content (AvgIpc) is 2.47. The van der Waals surface area contributed by atoms with Gasteiger partial charge in [-0.05, 0) is 50.0 Å².